The molecule has 1 amide bonds. The number of hydrogen-bond donors (Lipinski definition) is 0. The van der Waals surface area contributed by atoms with Crippen molar-refractivity contribution in [3.8, 4) is 5.75 Å². The lowest BCUT2D eigenvalue weighted by molar-refractivity contribution is 0.00142. The lowest BCUT2D eigenvalue weighted by Gasteiger charge is -2.36. The maximum Gasteiger partial charge on any atom is 0.257 e. The van der Waals surface area contributed by atoms with Gasteiger partial charge in [-0.05, 0) is 42.0 Å². The van der Waals surface area contributed by atoms with E-state index in [1.165, 1.54) is 18.2 Å². The molecule has 1 saturated heterocycles. The van der Waals surface area contributed by atoms with Gasteiger partial charge in [0.25, 0.3) is 5.91 Å². The van der Waals surface area contributed by atoms with E-state index in [0.717, 1.165) is 5.56 Å². The van der Waals surface area contributed by atoms with Crippen LogP contribution in [0.25, 0.3) is 0 Å². The van der Waals surface area contributed by atoms with Gasteiger partial charge in [0.05, 0.1) is 25.4 Å². The summed E-state index contributed by atoms with van der Waals surface area (Å²) in [6, 6.07) is 18.2. The van der Waals surface area contributed by atoms with Crippen LogP contribution in [-0.2, 0) is 11.3 Å². The maximum absolute atomic E-state index is 14.1. The highest BCUT2D eigenvalue weighted by Crippen LogP contribution is 2.25. The van der Waals surface area contributed by atoms with Gasteiger partial charge < -0.3 is 14.4 Å². The molecule has 184 valence electrons. The Morgan fingerprint density at radius 2 is 1.60 bits per heavy atom. The molecule has 1 aliphatic rings. The Morgan fingerprint density at radius 3 is 2.26 bits per heavy atom. The number of ether oxygens (including phenoxy) is 2. The van der Waals surface area contributed by atoms with E-state index in [-0.39, 0.29) is 18.1 Å². The molecule has 1 heterocycles. The third-order valence-corrected chi connectivity index (χ3v) is 6.41. The number of para-hydroxylation sites is 1. The van der Waals surface area contributed by atoms with Crippen molar-refractivity contribution in [1.82, 2.24) is 9.80 Å². The SMILES string of the molecule is COc1ccccc1C(=O)N1CCN(CC(OCc2c(F)cccc2F)c2ccc(Cl)cc2)CC1. The van der Waals surface area contributed by atoms with Gasteiger partial charge in [0.15, 0.2) is 0 Å². The number of carbonyl (C=O) groups is 1. The quantitative estimate of drug-likeness (QED) is 0.418. The Morgan fingerprint density at radius 1 is 0.943 bits per heavy atom. The number of benzene rings is 3. The molecule has 0 spiro atoms. The largest absolute Gasteiger partial charge is 0.496 e. The van der Waals surface area contributed by atoms with Crippen LogP contribution in [0.15, 0.2) is 66.7 Å². The molecule has 0 N–H and O–H groups in total. The monoisotopic (exact) mass is 500 g/mol. The fourth-order valence-electron chi connectivity index (χ4n) is 4.15. The second-order valence-corrected chi connectivity index (χ2v) is 8.78. The van der Waals surface area contributed by atoms with Crippen LogP contribution in [0, 0.1) is 11.6 Å². The first-order valence-corrected chi connectivity index (χ1v) is 11.8. The Balaban J connectivity index is 1.42. The van der Waals surface area contributed by atoms with E-state index in [0.29, 0.717) is 49.1 Å². The fourth-order valence-corrected chi connectivity index (χ4v) is 4.27. The average Bonchev–Trinajstić information content (AvgIpc) is 2.88. The molecule has 35 heavy (non-hydrogen) atoms. The number of hydrogen-bond acceptors (Lipinski definition) is 4. The number of piperazine rings is 1. The molecule has 0 aromatic heterocycles. The molecule has 1 fully saturated rings. The number of rotatable bonds is 8. The molecule has 1 unspecified atom stereocenters. The van der Waals surface area contributed by atoms with Gasteiger partial charge in [-0.2, -0.15) is 0 Å². The Labute approximate surface area is 208 Å². The van der Waals surface area contributed by atoms with Crippen LogP contribution in [0.1, 0.15) is 27.6 Å². The second-order valence-electron chi connectivity index (χ2n) is 8.34. The van der Waals surface area contributed by atoms with E-state index in [9.17, 15) is 13.6 Å². The van der Waals surface area contributed by atoms with Crippen LogP contribution in [-0.4, -0.2) is 55.5 Å². The van der Waals surface area contributed by atoms with Crippen molar-refractivity contribution in [3.63, 3.8) is 0 Å². The van der Waals surface area contributed by atoms with Crippen LogP contribution >= 0.6 is 11.6 Å². The van der Waals surface area contributed by atoms with Gasteiger partial charge >= 0.3 is 0 Å². The standard InChI is InChI=1S/C27H27ClF2N2O3/c1-34-25-8-3-2-5-21(25)27(33)32-15-13-31(14-16-32)17-26(19-9-11-20(28)12-10-19)35-18-22-23(29)6-4-7-24(22)30/h2-12,26H,13-18H2,1H3. The van der Waals surface area contributed by atoms with Crippen LogP contribution in [0.5, 0.6) is 5.75 Å². The molecular weight excluding hydrogens is 474 g/mol. The average molecular weight is 501 g/mol. The van der Waals surface area contributed by atoms with Gasteiger partial charge in [0, 0.05) is 43.3 Å². The van der Waals surface area contributed by atoms with Crippen LogP contribution < -0.4 is 4.74 Å². The van der Waals surface area contributed by atoms with Gasteiger partial charge in [0.2, 0.25) is 0 Å². The van der Waals surface area contributed by atoms with Crippen molar-refractivity contribution in [2.75, 3.05) is 39.8 Å². The Hall–Kier alpha value is -3.00. The van der Waals surface area contributed by atoms with Gasteiger partial charge in [-0.15, -0.1) is 0 Å². The molecule has 1 atom stereocenters. The van der Waals surface area contributed by atoms with E-state index < -0.39 is 17.7 Å². The molecule has 3 aromatic carbocycles. The van der Waals surface area contributed by atoms with Crippen LogP contribution in [0.3, 0.4) is 0 Å². The number of carbonyl (C=O) groups excluding carboxylic acids is 1. The molecule has 0 radical (unpaired) electrons. The lowest BCUT2D eigenvalue weighted by atomic mass is 10.1. The maximum atomic E-state index is 14.1. The first-order chi connectivity index (χ1) is 17.0. The van der Waals surface area contributed by atoms with E-state index in [4.69, 9.17) is 21.1 Å². The van der Waals surface area contributed by atoms with Crippen molar-refractivity contribution in [3.05, 3.63) is 100 Å². The zero-order valence-electron chi connectivity index (χ0n) is 19.4. The third-order valence-electron chi connectivity index (χ3n) is 6.15. The summed E-state index contributed by atoms with van der Waals surface area (Å²) in [5, 5.41) is 0.594. The van der Waals surface area contributed by atoms with Crippen molar-refractivity contribution < 1.29 is 23.0 Å². The summed E-state index contributed by atoms with van der Waals surface area (Å²) in [6.45, 7) is 2.69. The predicted octanol–water partition coefficient (Wildman–Crippen LogP) is 5.34. The second kappa shape index (κ2) is 11.6. The van der Waals surface area contributed by atoms with Crippen molar-refractivity contribution in [1.29, 1.82) is 0 Å². The Kier molecular flexibility index (Phi) is 8.33. The van der Waals surface area contributed by atoms with Gasteiger partial charge in [-0.3, -0.25) is 9.69 Å². The van der Waals surface area contributed by atoms with E-state index in [1.54, 1.807) is 36.3 Å². The van der Waals surface area contributed by atoms with E-state index in [1.807, 2.05) is 24.3 Å². The summed E-state index contributed by atoms with van der Waals surface area (Å²) in [5.41, 5.74) is 1.30. The summed E-state index contributed by atoms with van der Waals surface area (Å²) in [4.78, 5) is 17.0. The van der Waals surface area contributed by atoms with Crippen molar-refractivity contribution >= 4 is 17.5 Å². The van der Waals surface area contributed by atoms with E-state index >= 15 is 0 Å². The summed E-state index contributed by atoms with van der Waals surface area (Å²) in [5.74, 6) is -0.786. The normalized spacial score (nSPS) is 15.1. The minimum absolute atomic E-state index is 0.0670. The molecule has 5 nitrogen and oxygen atoms in total. The van der Waals surface area contributed by atoms with Gasteiger partial charge in [-0.25, -0.2) is 8.78 Å². The number of amides is 1. The molecular formula is C27H27ClF2N2O3. The summed E-state index contributed by atoms with van der Waals surface area (Å²) < 4.78 is 39.6. The molecule has 0 bridgehead atoms. The smallest absolute Gasteiger partial charge is 0.257 e. The van der Waals surface area contributed by atoms with Crippen molar-refractivity contribution in [2.24, 2.45) is 0 Å². The highest BCUT2D eigenvalue weighted by Gasteiger charge is 2.26. The minimum Gasteiger partial charge on any atom is -0.496 e. The third kappa shape index (κ3) is 6.17. The highest BCUT2D eigenvalue weighted by atomic mass is 35.5. The topological polar surface area (TPSA) is 42.0 Å². The zero-order valence-corrected chi connectivity index (χ0v) is 20.2. The molecule has 0 aliphatic carbocycles. The minimum atomic E-state index is -0.636. The first-order valence-electron chi connectivity index (χ1n) is 11.4. The van der Waals surface area contributed by atoms with Crippen LogP contribution in [0.4, 0.5) is 8.78 Å². The van der Waals surface area contributed by atoms with Crippen molar-refractivity contribution in [2.45, 2.75) is 12.7 Å². The Bertz CT molecular complexity index is 1130. The molecule has 8 heteroatoms. The number of halogens is 3. The molecule has 4 rings (SSSR count). The molecule has 0 saturated carbocycles. The van der Waals surface area contributed by atoms with Gasteiger partial charge in [-0.1, -0.05) is 41.9 Å². The highest BCUT2D eigenvalue weighted by molar-refractivity contribution is 6.30. The first kappa shape index (κ1) is 25.1. The fraction of sp³-hybridized carbons (Fsp3) is 0.296. The lowest BCUT2D eigenvalue weighted by Crippen LogP contribution is -2.49. The molecule has 3 aromatic rings. The van der Waals surface area contributed by atoms with Gasteiger partial charge in [0.1, 0.15) is 17.4 Å². The molecule has 1 aliphatic heterocycles. The number of methoxy groups -OCH3 is 1. The summed E-state index contributed by atoms with van der Waals surface area (Å²) in [7, 11) is 1.55. The number of nitrogens with zero attached hydrogens (tertiary/aromatic N) is 2. The summed E-state index contributed by atoms with van der Waals surface area (Å²) >= 11 is 6.04. The van der Waals surface area contributed by atoms with Crippen LogP contribution in [0.2, 0.25) is 5.02 Å². The summed E-state index contributed by atoms with van der Waals surface area (Å²) in [6.07, 6.45) is -0.428. The predicted molar refractivity (Wildman–Crippen MR) is 131 cm³/mol. The van der Waals surface area contributed by atoms with E-state index in [2.05, 4.69) is 4.90 Å². The zero-order chi connectivity index (χ0) is 24.8.